The number of hydrogen-bond acceptors (Lipinski definition) is 4. The Morgan fingerprint density at radius 1 is 1.07 bits per heavy atom. The highest BCUT2D eigenvalue weighted by Gasteiger charge is 2.20. The Bertz CT molecular complexity index is 786. The molecule has 6 nitrogen and oxygen atoms in total. The van der Waals surface area contributed by atoms with Crippen molar-refractivity contribution in [3.05, 3.63) is 54.1 Å². The number of aliphatic imine (C=N–C) groups is 1. The van der Waals surface area contributed by atoms with E-state index in [1.165, 1.54) is 16.9 Å². The van der Waals surface area contributed by atoms with Crippen LogP contribution in [0.2, 0.25) is 0 Å². The molecule has 3 rings (SSSR count). The van der Waals surface area contributed by atoms with E-state index < -0.39 is 0 Å². The molecule has 0 aliphatic carbocycles. The van der Waals surface area contributed by atoms with Crippen LogP contribution in [0.3, 0.4) is 0 Å². The molecule has 1 aliphatic rings. The maximum absolute atomic E-state index is 5.35. The van der Waals surface area contributed by atoms with Crippen molar-refractivity contribution < 1.29 is 4.74 Å². The van der Waals surface area contributed by atoms with Gasteiger partial charge in [0, 0.05) is 71.3 Å². The van der Waals surface area contributed by atoms with Gasteiger partial charge in [-0.05, 0) is 29.8 Å². The van der Waals surface area contributed by atoms with E-state index in [0.717, 1.165) is 44.4 Å². The molecule has 0 atom stereocenters. The van der Waals surface area contributed by atoms with E-state index in [4.69, 9.17) is 4.74 Å². The van der Waals surface area contributed by atoms with Crippen molar-refractivity contribution in [1.82, 2.24) is 10.2 Å². The molecular weight excluding hydrogens is 477 g/mol. The van der Waals surface area contributed by atoms with Gasteiger partial charge in [-0.2, -0.15) is 0 Å². The normalized spacial score (nSPS) is 14.3. The van der Waals surface area contributed by atoms with E-state index in [2.05, 4.69) is 75.5 Å². The lowest BCUT2D eigenvalue weighted by atomic mass is 10.2. The van der Waals surface area contributed by atoms with Crippen molar-refractivity contribution in [3.8, 4) is 5.75 Å². The van der Waals surface area contributed by atoms with Crippen LogP contribution < -0.4 is 19.9 Å². The number of nitrogens with zero attached hydrogens (tertiary/aromatic N) is 4. The molecule has 7 heteroatoms. The van der Waals surface area contributed by atoms with Gasteiger partial charge < -0.3 is 24.8 Å². The number of guanidine groups is 1. The quantitative estimate of drug-likeness (QED) is 0.381. The van der Waals surface area contributed by atoms with Gasteiger partial charge in [-0.1, -0.05) is 18.2 Å². The standard InChI is InChI=1S/C22H31N5O.HI/c1-23-22(24-17-18-8-10-19(11-9-18)25(2)3)27-14-12-26(13-15-27)20-6-5-7-21(16-20)28-4;/h5-11,16H,12-15,17H2,1-4H3,(H,23,24);1H. The lowest BCUT2D eigenvalue weighted by molar-refractivity contribution is 0.372. The molecule has 1 N–H and O–H groups in total. The van der Waals surface area contributed by atoms with Gasteiger partial charge >= 0.3 is 0 Å². The first-order valence-electron chi connectivity index (χ1n) is 9.71. The number of halogens is 1. The Kier molecular flexibility index (Phi) is 8.88. The second-order valence-corrected chi connectivity index (χ2v) is 7.14. The summed E-state index contributed by atoms with van der Waals surface area (Å²) < 4.78 is 5.35. The predicted octanol–water partition coefficient (Wildman–Crippen LogP) is 3.28. The Balaban J connectivity index is 0.00000300. The van der Waals surface area contributed by atoms with Gasteiger partial charge in [0.15, 0.2) is 5.96 Å². The summed E-state index contributed by atoms with van der Waals surface area (Å²) in [6, 6.07) is 16.9. The number of hydrogen-bond donors (Lipinski definition) is 1. The van der Waals surface area contributed by atoms with Gasteiger partial charge in [0.2, 0.25) is 0 Å². The van der Waals surface area contributed by atoms with E-state index in [9.17, 15) is 0 Å². The molecule has 158 valence electrons. The van der Waals surface area contributed by atoms with Crippen LogP contribution >= 0.6 is 24.0 Å². The smallest absolute Gasteiger partial charge is 0.194 e. The summed E-state index contributed by atoms with van der Waals surface area (Å²) in [6.45, 7) is 4.58. The van der Waals surface area contributed by atoms with Gasteiger partial charge in [0.1, 0.15) is 5.75 Å². The Morgan fingerprint density at radius 3 is 2.34 bits per heavy atom. The second-order valence-electron chi connectivity index (χ2n) is 7.14. The molecule has 1 saturated heterocycles. The van der Waals surface area contributed by atoms with Crippen molar-refractivity contribution in [2.75, 3.05) is 64.2 Å². The number of anilines is 2. The maximum Gasteiger partial charge on any atom is 0.194 e. The first kappa shape index (κ1) is 23.1. The molecule has 29 heavy (non-hydrogen) atoms. The molecule has 1 fully saturated rings. The van der Waals surface area contributed by atoms with Crippen molar-refractivity contribution in [2.24, 2.45) is 4.99 Å². The zero-order valence-electron chi connectivity index (χ0n) is 17.8. The summed E-state index contributed by atoms with van der Waals surface area (Å²) in [6.07, 6.45) is 0. The third-order valence-corrected chi connectivity index (χ3v) is 5.11. The molecule has 2 aromatic carbocycles. The molecule has 0 bridgehead atoms. The number of methoxy groups -OCH3 is 1. The first-order valence-corrected chi connectivity index (χ1v) is 9.71. The topological polar surface area (TPSA) is 43.3 Å². The zero-order valence-corrected chi connectivity index (χ0v) is 20.1. The SMILES string of the molecule is CN=C(NCc1ccc(N(C)C)cc1)N1CCN(c2cccc(OC)c2)CC1.I. The first-order chi connectivity index (χ1) is 13.6. The maximum atomic E-state index is 5.35. The molecule has 2 aromatic rings. The Morgan fingerprint density at radius 2 is 1.76 bits per heavy atom. The summed E-state index contributed by atoms with van der Waals surface area (Å²) in [5.74, 6) is 1.86. The van der Waals surface area contributed by atoms with Crippen LogP contribution in [0.15, 0.2) is 53.5 Å². The van der Waals surface area contributed by atoms with Crippen molar-refractivity contribution in [2.45, 2.75) is 6.54 Å². The van der Waals surface area contributed by atoms with E-state index in [-0.39, 0.29) is 24.0 Å². The van der Waals surface area contributed by atoms with Gasteiger partial charge in [-0.25, -0.2) is 0 Å². The van der Waals surface area contributed by atoms with Crippen LogP contribution in [-0.4, -0.2) is 65.3 Å². The molecule has 1 heterocycles. The zero-order chi connectivity index (χ0) is 19.9. The molecule has 1 aliphatic heterocycles. The minimum atomic E-state index is 0. The number of rotatable bonds is 5. The van der Waals surface area contributed by atoms with E-state index in [0.29, 0.717) is 0 Å². The van der Waals surface area contributed by atoms with Crippen LogP contribution in [0, 0.1) is 0 Å². The van der Waals surface area contributed by atoms with Crippen LogP contribution in [0.1, 0.15) is 5.56 Å². The van der Waals surface area contributed by atoms with Crippen molar-refractivity contribution in [1.29, 1.82) is 0 Å². The lowest BCUT2D eigenvalue weighted by Gasteiger charge is -2.37. The summed E-state index contributed by atoms with van der Waals surface area (Å²) >= 11 is 0. The summed E-state index contributed by atoms with van der Waals surface area (Å²) in [5, 5.41) is 3.50. The monoisotopic (exact) mass is 509 g/mol. The van der Waals surface area contributed by atoms with Crippen molar-refractivity contribution in [3.63, 3.8) is 0 Å². The van der Waals surface area contributed by atoms with Gasteiger partial charge in [-0.3, -0.25) is 4.99 Å². The molecule has 0 radical (unpaired) electrons. The lowest BCUT2D eigenvalue weighted by Crippen LogP contribution is -2.52. The summed E-state index contributed by atoms with van der Waals surface area (Å²) in [4.78, 5) is 11.3. The number of benzene rings is 2. The number of ether oxygens (including phenoxy) is 1. The van der Waals surface area contributed by atoms with Crippen LogP contribution in [0.4, 0.5) is 11.4 Å². The third kappa shape index (κ3) is 6.16. The van der Waals surface area contributed by atoms with Crippen molar-refractivity contribution >= 4 is 41.3 Å². The summed E-state index contributed by atoms with van der Waals surface area (Å²) in [5.41, 5.74) is 3.67. The van der Waals surface area contributed by atoms with Crippen LogP contribution in [-0.2, 0) is 6.54 Å². The number of nitrogens with one attached hydrogen (secondary N) is 1. The van der Waals surface area contributed by atoms with Gasteiger partial charge in [-0.15, -0.1) is 24.0 Å². The predicted molar refractivity (Wildman–Crippen MR) is 133 cm³/mol. The Labute approximate surface area is 191 Å². The molecule has 0 unspecified atom stereocenters. The highest BCUT2D eigenvalue weighted by Crippen LogP contribution is 2.22. The van der Waals surface area contributed by atoms with Gasteiger partial charge in [0.25, 0.3) is 0 Å². The largest absolute Gasteiger partial charge is 0.497 e. The molecular formula is C22H32IN5O. The highest BCUT2D eigenvalue weighted by atomic mass is 127. The van der Waals surface area contributed by atoms with Gasteiger partial charge in [0.05, 0.1) is 7.11 Å². The van der Waals surface area contributed by atoms with E-state index in [1.54, 1.807) is 7.11 Å². The van der Waals surface area contributed by atoms with E-state index >= 15 is 0 Å². The fourth-order valence-corrected chi connectivity index (χ4v) is 3.41. The molecule has 0 amide bonds. The fraction of sp³-hybridized carbons (Fsp3) is 0.409. The molecule has 0 spiro atoms. The molecule has 0 saturated carbocycles. The highest BCUT2D eigenvalue weighted by molar-refractivity contribution is 14.0. The number of piperazine rings is 1. The minimum absolute atomic E-state index is 0. The third-order valence-electron chi connectivity index (χ3n) is 5.11. The fourth-order valence-electron chi connectivity index (χ4n) is 3.41. The average molecular weight is 509 g/mol. The van der Waals surface area contributed by atoms with Crippen LogP contribution in [0.5, 0.6) is 5.75 Å². The minimum Gasteiger partial charge on any atom is -0.497 e. The summed E-state index contributed by atoms with van der Waals surface area (Å²) in [7, 11) is 7.67. The average Bonchev–Trinajstić information content (AvgIpc) is 2.75. The second kappa shape index (κ2) is 11.1. The van der Waals surface area contributed by atoms with Crippen LogP contribution in [0.25, 0.3) is 0 Å². The molecule has 0 aromatic heterocycles. The van der Waals surface area contributed by atoms with E-state index in [1.807, 2.05) is 19.2 Å². The Hall–Kier alpha value is -2.16.